The van der Waals surface area contributed by atoms with Crippen LogP contribution in [0.1, 0.15) is 0 Å². The zero-order valence-electron chi connectivity index (χ0n) is 8.73. The van der Waals surface area contributed by atoms with Gasteiger partial charge in [0.2, 0.25) is 0 Å². The summed E-state index contributed by atoms with van der Waals surface area (Å²) in [6, 6.07) is 0. The van der Waals surface area contributed by atoms with Crippen LogP contribution in [0.25, 0.3) is 0 Å². The van der Waals surface area contributed by atoms with E-state index < -0.39 is 20.5 Å². The van der Waals surface area contributed by atoms with Crippen LogP contribution in [-0.2, 0) is 19.5 Å². The summed E-state index contributed by atoms with van der Waals surface area (Å²) in [6.07, 6.45) is 0. The molecular formula is H16Cl2O16Zn. The van der Waals surface area contributed by atoms with E-state index in [1.54, 1.807) is 0 Å². The van der Waals surface area contributed by atoms with Gasteiger partial charge in [0.05, 0.1) is 0 Å². The Kier molecular flexibility index (Phi) is 176. The first-order chi connectivity index (χ1) is 4.00. The molecule has 16 N–H and O–H groups in total. The third-order valence-corrected chi connectivity index (χ3v) is 0. The molecule has 0 aromatic rings. The van der Waals surface area contributed by atoms with Gasteiger partial charge in [-0.25, -0.2) is 37.3 Å². The zero-order chi connectivity index (χ0) is 9.00. The third-order valence-electron chi connectivity index (χ3n) is 0. The summed E-state index contributed by atoms with van der Waals surface area (Å²) in [4.78, 5) is 0. The average molecular weight is 408 g/mol. The Morgan fingerprint density at radius 3 is 0.316 bits per heavy atom. The molecule has 0 aliphatic heterocycles. The quantitative estimate of drug-likeness (QED) is 0.345. The van der Waals surface area contributed by atoms with Gasteiger partial charge in [0, 0.05) is 0 Å². The van der Waals surface area contributed by atoms with Crippen LogP contribution in [0.4, 0.5) is 0 Å². The smallest absolute Gasteiger partial charge is 0.412 e. The van der Waals surface area contributed by atoms with Crippen LogP contribution < -0.4 is 37.3 Å². The summed E-state index contributed by atoms with van der Waals surface area (Å²) in [5.41, 5.74) is 0. The van der Waals surface area contributed by atoms with Crippen molar-refractivity contribution in [2.24, 2.45) is 0 Å². The molecule has 0 spiro atoms. The molecule has 0 aliphatic carbocycles. The van der Waals surface area contributed by atoms with E-state index >= 15 is 0 Å². The van der Waals surface area contributed by atoms with Crippen LogP contribution in [0, 0.1) is 20.5 Å². The molecule has 19 heteroatoms. The summed E-state index contributed by atoms with van der Waals surface area (Å²) in [6.45, 7) is 0. The fraction of sp³-hybridized carbons (Fsp3) is 0. The molecule has 0 amide bonds. The Hall–Kier alpha value is 0.563. The molecule has 0 atom stereocenters. The van der Waals surface area contributed by atoms with Crippen LogP contribution in [0.15, 0.2) is 0 Å². The Bertz CT molecular complexity index is 57.7. The molecule has 0 unspecified atom stereocenters. The molecule has 0 heterocycles. The molecule has 16 nitrogen and oxygen atoms in total. The first kappa shape index (κ1) is 91.9. The van der Waals surface area contributed by atoms with Gasteiger partial charge in [-0.15, -0.1) is 20.5 Å². The zero-order valence-corrected chi connectivity index (χ0v) is 13.2. The molecule has 0 aromatic carbocycles. The van der Waals surface area contributed by atoms with Gasteiger partial charge < -0.3 is 43.8 Å². The maximum absolute atomic E-state index is 8.49. The van der Waals surface area contributed by atoms with Crippen LogP contribution in [0.2, 0.25) is 0 Å². The molecule has 19 heavy (non-hydrogen) atoms. The number of hydrogen-bond acceptors (Lipinski definition) is 8. The number of hydrogen-bond donors (Lipinski definition) is 0. The number of rotatable bonds is 0. The van der Waals surface area contributed by atoms with Gasteiger partial charge in [-0.2, -0.15) is 0 Å². The van der Waals surface area contributed by atoms with E-state index in [1.165, 1.54) is 0 Å². The molecule has 0 fully saturated rings. The monoisotopic (exact) mass is 406 g/mol. The summed E-state index contributed by atoms with van der Waals surface area (Å²) < 4.78 is 67.9. The standard InChI is InChI=1S/2ClHO4.8H2O.Zn/c2*2-1(3,4)5;;;;;;;;;/h2*(H,2,3,4,5);8*1H2;/q;;;;;;;;;;+2/p-2. The van der Waals surface area contributed by atoms with E-state index in [4.69, 9.17) is 37.3 Å². The average Bonchev–Trinajstić information content (AvgIpc) is 1.12. The Balaban J connectivity index is -0.00000000508. The topological polar surface area (TPSA) is 436 Å². The SMILES string of the molecule is O.O.O.O.O.O.O.O.[O-][Cl+3]([O-])([O-])[O-].[O-][Cl+3]([O-])([O-])[O-].[Zn+2]. The van der Waals surface area contributed by atoms with E-state index in [0.717, 1.165) is 0 Å². The third kappa shape index (κ3) is 16000. The minimum atomic E-state index is -4.94. The van der Waals surface area contributed by atoms with Crippen molar-refractivity contribution in [2.75, 3.05) is 0 Å². The molecule has 0 radical (unpaired) electrons. The maximum atomic E-state index is 8.49. The van der Waals surface area contributed by atoms with E-state index in [9.17, 15) is 0 Å². The predicted octanol–water partition coefficient (Wildman–Crippen LogP) is -16.1. The summed E-state index contributed by atoms with van der Waals surface area (Å²) in [5.74, 6) is 0. The van der Waals surface area contributed by atoms with Crippen molar-refractivity contribution in [3.63, 3.8) is 0 Å². The summed E-state index contributed by atoms with van der Waals surface area (Å²) >= 11 is 0. The van der Waals surface area contributed by atoms with Crippen molar-refractivity contribution in [3.8, 4) is 0 Å². The van der Waals surface area contributed by atoms with Crippen molar-refractivity contribution in [1.29, 1.82) is 0 Å². The molecule has 0 saturated heterocycles. The molecule has 0 rings (SSSR count). The van der Waals surface area contributed by atoms with E-state index in [2.05, 4.69) is 0 Å². The van der Waals surface area contributed by atoms with Crippen molar-refractivity contribution in [2.45, 2.75) is 0 Å². The fourth-order valence-electron chi connectivity index (χ4n) is 0. The second-order valence-corrected chi connectivity index (χ2v) is 2.27. The predicted molar refractivity (Wildman–Crippen MR) is 28.9 cm³/mol. The van der Waals surface area contributed by atoms with Crippen LogP contribution >= 0.6 is 0 Å². The number of halogens is 2. The second kappa shape index (κ2) is 36.3. The fourth-order valence-corrected chi connectivity index (χ4v) is 0. The maximum Gasteiger partial charge on any atom is 2.00 e. The van der Waals surface area contributed by atoms with Gasteiger partial charge in [-0.3, -0.25) is 0 Å². The summed E-state index contributed by atoms with van der Waals surface area (Å²) in [5, 5.41) is 0. The Morgan fingerprint density at radius 2 is 0.316 bits per heavy atom. The van der Waals surface area contributed by atoms with Crippen LogP contribution in [-0.4, -0.2) is 43.8 Å². The van der Waals surface area contributed by atoms with Crippen molar-refractivity contribution in [1.82, 2.24) is 0 Å². The molecule has 0 aliphatic rings. The molecule has 0 aromatic heterocycles. The van der Waals surface area contributed by atoms with Gasteiger partial charge >= 0.3 is 19.5 Å². The van der Waals surface area contributed by atoms with Gasteiger partial charge in [-0.1, -0.05) is 0 Å². The first-order valence-corrected chi connectivity index (χ1v) is 3.70. The van der Waals surface area contributed by atoms with E-state index in [-0.39, 0.29) is 63.3 Å². The van der Waals surface area contributed by atoms with Crippen molar-refractivity contribution < 1.29 is 121 Å². The summed E-state index contributed by atoms with van der Waals surface area (Å²) in [7, 11) is -9.89. The molecule has 128 valence electrons. The Labute approximate surface area is 121 Å². The van der Waals surface area contributed by atoms with E-state index in [1.807, 2.05) is 0 Å². The molecule has 0 bridgehead atoms. The van der Waals surface area contributed by atoms with Gasteiger partial charge in [0.1, 0.15) is 0 Å². The molecular weight excluding hydrogens is 392 g/mol. The second-order valence-electron chi connectivity index (χ2n) is 0.756. The van der Waals surface area contributed by atoms with Crippen molar-refractivity contribution >= 4 is 0 Å². The van der Waals surface area contributed by atoms with Gasteiger partial charge in [0.15, 0.2) is 0 Å². The minimum absolute atomic E-state index is 0. The normalized spacial score (nSPS) is 6.32. The molecule has 0 saturated carbocycles. The van der Waals surface area contributed by atoms with Gasteiger partial charge in [0.25, 0.3) is 0 Å². The van der Waals surface area contributed by atoms with Crippen molar-refractivity contribution in [3.05, 3.63) is 0 Å². The first-order valence-electron chi connectivity index (χ1n) is 1.23. The van der Waals surface area contributed by atoms with Crippen LogP contribution in [0.3, 0.4) is 0 Å². The van der Waals surface area contributed by atoms with Gasteiger partial charge in [-0.05, 0) is 0 Å². The van der Waals surface area contributed by atoms with Crippen LogP contribution in [0.5, 0.6) is 0 Å². The minimum Gasteiger partial charge on any atom is -0.412 e. The van der Waals surface area contributed by atoms with E-state index in [0.29, 0.717) is 0 Å². The Morgan fingerprint density at radius 1 is 0.316 bits per heavy atom. The largest absolute Gasteiger partial charge is 2.00 e.